The Morgan fingerprint density at radius 3 is 2.55 bits per heavy atom. The van der Waals surface area contributed by atoms with Crippen LogP contribution in [-0.2, 0) is 16.0 Å². The maximum atomic E-state index is 13.0. The topological polar surface area (TPSA) is 66.4 Å². The highest BCUT2D eigenvalue weighted by molar-refractivity contribution is 5.84. The van der Waals surface area contributed by atoms with Crippen molar-refractivity contribution in [2.45, 2.75) is 31.7 Å². The summed E-state index contributed by atoms with van der Waals surface area (Å²) in [6, 6.07) is 2.26. The Hall–Kier alpha value is -1.98. The molecular weight excluding hydrogens is 268 g/mol. The predicted octanol–water partition coefficient (Wildman–Crippen LogP) is 1.88. The second kappa shape index (κ2) is 5.98. The minimum Gasteiger partial charge on any atom is -0.480 e. The van der Waals surface area contributed by atoms with Crippen LogP contribution in [0.3, 0.4) is 0 Å². The number of carbonyl (C=O) groups is 2. The van der Waals surface area contributed by atoms with Crippen LogP contribution in [0.4, 0.5) is 8.78 Å². The number of carbonyl (C=O) groups excluding carboxylic acids is 1. The molecule has 0 heterocycles. The summed E-state index contributed by atoms with van der Waals surface area (Å²) in [7, 11) is 0. The second-order valence-corrected chi connectivity index (χ2v) is 5.06. The number of hydrogen-bond donors (Lipinski definition) is 2. The van der Waals surface area contributed by atoms with Crippen LogP contribution in [0.5, 0.6) is 0 Å². The Bertz CT molecular complexity index is 529. The van der Waals surface area contributed by atoms with Crippen LogP contribution in [0, 0.1) is 17.6 Å². The van der Waals surface area contributed by atoms with Crippen LogP contribution in [-0.4, -0.2) is 23.0 Å². The van der Waals surface area contributed by atoms with Gasteiger partial charge in [0.1, 0.15) is 6.04 Å². The Kier molecular flexibility index (Phi) is 4.32. The van der Waals surface area contributed by atoms with Crippen molar-refractivity contribution in [3.63, 3.8) is 0 Å². The Morgan fingerprint density at radius 1 is 1.30 bits per heavy atom. The van der Waals surface area contributed by atoms with E-state index in [9.17, 15) is 18.4 Å². The SMILES string of the molecule is O=C(Cc1ccc(F)c(F)c1)NC(CC1CC1)C(=O)O. The van der Waals surface area contributed by atoms with Crippen molar-refractivity contribution in [3.05, 3.63) is 35.4 Å². The lowest BCUT2D eigenvalue weighted by Crippen LogP contribution is -2.41. The number of nitrogens with one attached hydrogen (secondary N) is 1. The molecule has 1 unspecified atom stereocenters. The molecule has 1 aliphatic rings. The number of carboxylic acids is 1. The Morgan fingerprint density at radius 2 is 2.00 bits per heavy atom. The molecule has 0 saturated heterocycles. The van der Waals surface area contributed by atoms with E-state index in [2.05, 4.69) is 5.32 Å². The van der Waals surface area contributed by atoms with E-state index in [-0.39, 0.29) is 6.42 Å². The van der Waals surface area contributed by atoms with E-state index in [4.69, 9.17) is 5.11 Å². The normalized spacial score (nSPS) is 15.7. The molecule has 2 rings (SSSR count). The fourth-order valence-electron chi connectivity index (χ4n) is 1.99. The van der Waals surface area contributed by atoms with Crippen molar-refractivity contribution in [2.75, 3.05) is 0 Å². The molecule has 1 aromatic rings. The monoisotopic (exact) mass is 283 g/mol. The molecule has 0 aromatic heterocycles. The van der Waals surface area contributed by atoms with Crippen molar-refractivity contribution < 1.29 is 23.5 Å². The van der Waals surface area contributed by atoms with Gasteiger partial charge in [0.15, 0.2) is 11.6 Å². The standard InChI is InChI=1S/C14H15F2NO3/c15-10-4-3-9(5-11(10)16)7-13(18)17-12(14(19)20)6-8-1-2-8/h3-5,8,12H,1-2,6-7H2,(H,17,18)(H,19,20). The van der Waals surface area contributed by atoms with E-state index in [1.807, 2.05) is 0 Å². The zero-order valence-corrected chi connectivity index (χ0v) is 10.7. The number of amides is 1. The van der Waals surface area contributed by atoms with Gasteiger partial charge < -0.3 is 10.4 Å². The summed E-state index contributed by atoms with van der Waals surface area (Å²) < 4.78 is 25.7. The fraction of sp³-hybridized carbons (Fsp3) is 0.429. The van der Waals surface area contributed by atoms with Crippen LogP contribution >= 0.6 is 0 Å². The van der Waals surface area contributed by atoms with E-state index < -0.39 is 29.6 Å². The summed E-state index contributed by atoms with van der Waals surface area (Å²) in [5.41, 5.74) is 0.303. The molecule has 1 atom stereocenters. The van der Waals surface area contributed by atoms with Gasteiger partial charge in [-0.3, -0.25) is 4.79 Å². The van der Waals surface area contributed by atoms with Crippen LogP contribution in [0.2, 0.25) is 0 Å². The highest BCUT2D eigenvalue weighted by Crippen LogP contribution is 2.33. The smallest absolute Gasteiger partial charge is 0.326 e. The number of halogens is 2. The van der Waals surface area contributed by atoms with E-state index in [0.717, 1.165) is 25.0 Å². The minimum atomic E-state index is -1.07. The van der Waals surface area contributed by atoms with E-state index in [0.29, 0.717) is 17.9 Å². The van der Waals surface area contributed by atoms with Gasteiger partial charge in [-0.1, -0.05) is 18.9 Å². The summed E-state index contributed by atoms with van der Waals surface area (Å²) in [6.45, 7) is 0. The molecule has 0 aliphatic heterocycles. The zero-order chi connectivity index (χ0) is 14.7. The number of hydrogen-bond acceptors (Lipinski definition) is 2. The van der Waals surface area contributed by atoms with Gasteiger partial charge in [0.2, 0.25) is 5.91 Å². The lowest BCUT2D eigenvalue weighted by molar-refractivity contribution is -0.142. The van der Waals surface area contributed by atoms with Gasteiger partial charge in [-0.25, -0.2) is 13.6 Å². The molecule has 1 amide bonds. The van der Waals surface area contributed by atoms with Gasteiger partial charge in [0.05, 0.1) is 6.42 Å². The highest BCUT2D eigenvalue weighted by Gasteiger charge is 2.30. The molecule has 1 saturated carbocycles. The van der Waals surface area contributed by atoms with Gasteiger partial charge in [0.25, 0.3) is 0 Å². The summed E-state index contributed by atoms with van der Waals surface area (Å²) in [6.07, 6.45) is 2.22. The zero-order valence-electron chi connectivity index (χ0n) is 10.7. The van der Waals surface area contributed by atoms with Crippen molar-refractivity contribution in [1.29, 1.82) is 0 Å². The van der Waals surface area contributed by atoms with Crippen LogP contribution < -0.4 is 5.32 Å². The van der Waals surface area contributed by atoms with Crippen LogP contribution in [0.1, 0.15) is 24.8 Å². The first-order chi connectivity index (χ1) is 9.45. The molecule has 6 heteroatoms. The summed E-state index contributed by atoms with van der Waals surface area (Å²) in [4.78, 5) is 22.8. The molecule has 1 fully saturated rings. The third-order valence-corrected chi connectivity index (χ3v) is 3.25. The quantitative estimate of drug-likeness (QED) is 0.837. The van der Waals surface area contributed by atoms with Gasteiger partial charge in [-0.2, -0.15) is 0 Å². The van der Waals surface area contributed by atoms with E-state index >= 15 is 0 Å². The third-order valence-electron chi connectivity index (χ3n) is 3.25. The summed E-state index contributed by atoms with van der Waals surface area (Å²) >= 11 is 0. The maximum Gasteiger partial charge on any atom is 0.326 e. The van der Waals surface area contributed by atoms with Gasteiger partial charge >= 0.3 is 5.97 Å². The first-order valence-corrected chi connectivity index (χ1v) is 6.42. The Labute approximate surface area is 114 Å². The average molecular weight is 283 g/mol. The molecule has 20 heavy (non-hydrogen) atoms. The molecule has 4 nitrogen and oxygen atoms in total. The Balaban J connectivity index is 1.92. The predicted molar refractivity (Wildman–Crippen MR) is 67.0 cm³/mol. The minimum absolute atomic E-state index is 0.175. The first-order valence-electron chi connectivity index (χ1n) is 6.42. The maximum absolute atomic E-state index is 13.0. The average Bonchev–Trinajstić information content (AvgIpc) is 3.17. The summed E-state index contributed by atoms with van der Waals surface area (Å²) in [5, 5.41) is 11.4. The second-order valence-electron chi connectivity index (χ2n) is 5.06. The van der Waals surface area contributed by atoms with Gasteiger partial charge in [-0.15, -0.1) is 0 Å². The molecule has 108 valence electrons. The number of benzene rings is 1. The molecule has 1 aliphatic carbocycles. The van der Waals surface area contributed by atoms with Crippen LogP contribution in [0.15, 0.2) is 18.2 Å². The van der Waals surface area contributed by atoms with Crippen molar-refractivity contribution in [1.82, 2.24) is 5.32 Å². The largest absolute Gasteiger partial charge is 0.480 e. The van der Waals surface area contributed by atoms with Crippen LogP contribution in [0.25, 0.3) is 0 Å². The van der Waals surface area contributed by atoms with Gasteiger partial charge in [-0.05, 0) is 30.0 Å². The lowest BCUT2D eigenvalue weighted by atomic mass is 10.1. The van der Waals surface area contributed by atoms with E-state index in [1.54, 1.807) is 0 Å². The summed E-state index contributed by atoms with van der Waals surface area (Å²) in [5.74, 6) is -3.23. The van der Waals surface area contributed by atoms with Crippen molar-refractivity contribution in [3.8, 4) is 0 Å². The first kappa shape index (κ1) is 14.4. The molecule has 0 radical (unpaired) electrons. The third kappa shape index (κ3) is 4.01. The van der Waals surface area contributed by atoms with Crippen molar-refractivity contribution in [2.24, 2.45) is 5.92 Å². The van der Waals surface area contributed by atoms with Gasteiger partial charge in [0, 0.05) is 0 Å². The molecule has 0 spiro atoms. The number of rotatable bonds is 6. The molecular formula is C14H15F2NO3. The molecule has 0 bridgehead atoms. The highest BCUT2D eigenvalue weighted by atomic mass is 19.2. The fourth-order valence-corrected chi connectivity index (χ4v) is 1.99. The van der Waals surface area contributed by atoms with E-state index in [1.165, 1.54) is 6.07 Å². The number of carboxylic acid groups (broad SMARTS) is 1. The van der Waals surface area contributed by atoms with Crippen molar-refractivity contribution >= 4 is 11.9 Å². The molecule has 2 N–H and O–H groups in total. The lowest BCUT2D eigenvalue weighted by Gasteiger charge is -2.14. The molecule has 1 aromatic carbocycles. The number of aliphatic carboxylic acids is 1.